The number of amides is 1. The Hall–Kier alpha value is -2.82. The Balaban J connectivity index is 2.51. The van der Waals surface area contributed by atoms with Crippen LogP contribution in [0.15, 0.2) is 36.4 Å². The minimum absolute atomic E-state index is 0.176. The fraction of sp³-hybridized carbons (Fsp3) is 0.440. The lowest BCUT2D eigenvalue weighted by Gasteiger charge is -2.30. The summed E-state index contributed by atoms with van der Waals surface area (Å²) in [7, 11) is 0. The molecule has 0 aliphatic heterocycles. The number of nitrogens with one attached hydrogen (secondary N) is 1. The fourth-order valence-corrected chi connectivity index (χ4v) is 3.13. The number of benzene rings is 2. The standard InChI is InChI=1S/C25H33NO4/c1-8-13-30-21-19(24(2,3)4)14-17(15-20(21)25(5,6)7)22(27)26-18-11-9-16(10-12-18)23(28)29/h9-12,14-15H,8,13H2,1-7H3,(H,26,27)(H,28,29). The van der Waals surface area contributed by atoms with Gasteiger partial charge in [-0.2, -0.15) is 0 Å². The van der Waals surface area contributed by atoms with Gasteiger partial charge in [0, 0.05) is 22.4 Å². The van der Waals surface area contributed by atoms with E-state index in [0.29, 0.717) is 17.9 Å². The summed E-state index contributed by atoms with van der Waals surface area (Å²) in [6.45, 7) is 15.4. The van der Waals surface area contributed by atoms with Crippen LogP contribution in [0.4, 0.5) is 5.69 Å². The lowest BCUT2D eigenvalue weighted by molar-refractivity contribution is 0.0696. The Labute approximate surface area is 179 Å². The van der Waals surface area contributed by atoms with Crippen molar-refractivity contribution in [2.45, 2.75) is 65.7 Å². The summed E-state index contributed by atoms with van der Waals surface area (Å²) in [5.74, 6) is -0.379. The van der Waals surface area contributed by atoms with Gasteiger partial charge in [0.2, 0.25) is 0 Å². The second-order valence-corrected chi connectivity index (χ2v) is 9.59. The van der Waals surface area contributed by atoms with Gasteiger partial charge in [-0.25, -0.2) is 4.79 Å². The van der Waals surface area contributed by atoms with E-state index in [4.69, 9.17) is 9.84 Å². The Morgan fingerprint density at radius 2 is 1.40 bits per heavy atom. The monoisotopic (exact) mass is 411 g/mol. The van der Waals surface area contributed by atoms with E-state index in [1.807, 2.05) is 12.1 Å². The summed E-state index contributed by atoms with van der Waals surface area (Å²) in [5, 5.41) is 11.9. The Morgan fingerprint density at radius 3 is 1.80 bits per heavy atom. The molecule has 0 radical (unpaired) electrons. The molecule has 2 aromatic rings. The van der Waals surface area contributed by atoms with E-state index in [2.05, 4.69) is 53.8 Å². The predicted octanol–water partition coefficient (Wildman–Crippen LogP) is 6.02. The summed E-state index contributed by atoms with van der Waals surface area (Å²) in [6.07, 6.45) is 0.905. The van der Waals surface area contributed by atoms with Crippen LogP contribution in [0.1, 0.15) is 86.7 Å². The molecule has 2 rings (SSSR count). The van der Waals surface area contributed by atoms with Gasteiger partial charge < -0.3 is 15.2 Å². The molecule has 5 heteroatoms. The molecule has 0 aromatic heterocycles. The molecule has 0 unspecified atom stereocenters. The van der Waals surface area contributed by atoms with E-state index >= 15 is 0 Å². The van der Waals surface area contributed by atoms with Gasteiger partial charge in [-0.05, 0) is 53.6 Å². The number of carbonyl (C=O) groups is 2. The molecule has 0 fully saturated rings. The maximum atomic E-state index is 13.0. The number of carboxylic acids is 1. The molecule has 0 bridgehead atoms. The minimum atomic E-state index is -1.000. The smallest absolute Gasteiger partial charge is 0.335 e. The maximum absolute atomic E-state index is 13.0. The van der Waals surface area contributed by atoms with Crippen molar-refractivity contribution in [3.05, 3.63) is 58.7 Å². The topological polar surface area (TPSA) is 75.6 Å². The van der Waals surface area contributed by atoms with Crippen LogP contribution >= 0.6 is 0 Å². The average Bonchev–Trinajstić information content (AvgIpc) is 2.64. The first-order valence-corrected chi connectivity index (χ1v) is 10.3. The van der Waals surface area contributed by atoms with E-state index < -0.39 is 5.97 Å². The molecule has 0 heterocycles. The fourth-order valence-electron chi connectivity index (χ4n) is 3.13. The van der Waals surface area contributed by atoms with Crippen molar-refractivity contribution in [2.24, 2.45) is 0 Å². The molecule has 0 saturated heterocycles. The molecule has 0 aliphatic rings. The normalized spacial score (nSPS) is 11.8. The van der Waals surface area contributed by atoms with E-state index in [1.165, 1.54) is 12.1 Å². The van der Waals surface area contributed by atoms with Gasteiger partial charge >= 0.3 is 5.97 Å². The van der Waals surface area contributed by atoms with Crippen molar-refractivity contribution >= 4 is 17.6 Å². The van der Waals surface area contributed by atoms with E-state index in [-0.39, 0.29) is 22.3 Å². The lowest BCUT2D eigenvalue weighted by atomic mass is 9.78. The van der Waals surface area contributed by atoms with Gasteiger partial charge in [0.25, 0.3) is 5.91 Å². The third-order valence-corrected chi connectivity index (χ3v) is 4.81. The molecule has 0 saturated carbocycles. The molecule has 5 nitrogen and oxygen atoms in total. The minimum Gasteiger partial charge on any atom is -0.493 e. The van der Waals surface area contributed by atoms with Crippen molar-refractivity contribution in [2.75, 3.05) is 11.9 Å². The summed E-state index contributed by atoms with van der Waals surface area (Å²) < 4.78 is 6.17. The van der Waals surface area contributed by atoms with Crippen molar-refractivity contribution in [3.8, 4) is 5.75 Å². The largest absolute Gasteiger partial charge is 0.493 e. The highest BCUT2D eigenvalue weighted by atomic mass is 16.5. The van der Waals surface area contributed by atoms with Gasteiger partial charge in [-0.3, -0.25) is 4.79 Å². The number of carbonyl (C=O) groups excluding carboxylic acids is 1. The van der Waals surface area contributed by atoms with Crippen molar-refractivity contribution in [3.63, 3.8) is 0 Å². The van der Waals surface area contributed by atoms with Crippen LogP contribution in [0.25, 0.3) is 0 Å². The summed E-state index contributed by atoms with van der Waals surface area (Å²) in [5.41, 5.74) is 2.85. The van der Waals surface area contributed by atoms with Crippen LogP contribution in [-0.4, -0.2) is 23.6 Å². The Morgan fingerprint density at radius 1 is 0.900 bits per heavy atom. The first-order valence-electron chi connectivity index (χ1n) is 10.3. The van der Waals surface area contributed by atoms with Crippen LogP contribution in [0.5, 0.6) is 5.75 Å². The van der Waals surface area contributed by atoms with Crippen LogP contribution in [-0.2, 0) is 10.8 Å². The maximum Gasteiger partial charge on any atom is 0.335 e. The SMILES string of the molecule is CCCOc1c(C(C)(C)C)cc(C(=O)Nc2ccc(C(=O)O)cc2)cc1C(C)(C)C. The zero-order chi connectivity index (χ0) is 22.7. The van der Waals surface area contributed by atoms with Crippen LogP contribution in [0.2, 0.25) is 0 Å². The summed E-state index contributed by atoms with van der Waals surface area (Å²) in [4.78, 5) is 24.1. The van der Waals surface area contributed by atoms with Gasteiger partial charge in [-0.1, -0.05) is 48.5 Å². The number of anilines is 1. The van der Waals surface area contributed by atoms with Crippen molar-refractivity contribution < 1.29 is 19.4 Å². The van der Waals surface area contributed by atoms with Crippen LogP contribution in [0, 0.1) is 0 Å². The second kappa shape index (κ2) is 8.90. The second-order valence-electron chi connectivity index (χ2n) is 9.59. The number of carboxylic acid groups (broad SMARTS) is 1. The lowest BCUT2D eigenvalue weighted by Crippen LogP contribution is -2.22. The zero-order valence-corrected chi connectivity index (χ0v) is 19.1. The van der Waals surface area contributed by atoms with E-state index in [1.54, 1.807) is 12.1 Å². The zero-order valence-electron chi connectivity index (χ0n) is 19.1. The highest BCUT2D eigenvalue weighted by Crippen LogP contribution is 2.41. The molecule has 0 atom stereocenters. The highest BCUT2D eigenvalue weighted by Gasteiger charge is 2.29. The number of hydrogen-bond donors (Lipinski definition) is 2. The van der Waals surface area contributed by atoms with Gasteiger partial charge in [-0.15, -0.1) is 0 Å². The van der Waals surface area contributed by atoms with Gasteiger partial charge in [0.1, 0.15) is 5.75 Å². The van der Waals surface area contributed by atoms with E-state index in [9.17, 15) is 9.59 Å². The first-order chi connectivity index (χ1) is 13.8. The van der Waals surface area contributed by atoms with Gasteiger partial charge in [0.05, 0.1) is 12.2 Å². The molecule has 2 aromatic carbocycles. The molecule has 2 N–H and O–H groups in total. The molecule has 0 aliphatic carbocycles. The molecular weight excluding hydrogens is 378 g/mol. The molecule has 1 amide bonds. The quantitative estimate of drug-likeness (QED) is 0.609. The molecule has 30 heavy (non-hydrogen) atoms. The molecular formula is C25H33NO4. The summed E-state index contributed by atoms with van der Waals surface area (Å²) in [6, 6.07) is 9.94. The van der Waals surface area contributed by atoms with Crippen LogP contribution in [0.3, 0.4) is 0 Å². The highest BCUT2D eigenvalue weighted by molar-refractivity contribution is 6.05. The third kappa shape index (κ3) is 5.62. The Kier molecular flexibility index (Phi) is 6.96. The first kappa shape index (κ1) is 23.5. The average molecular weight is 412 g/mol. The third-order valence-electron chi connectivity index (χ3n) is 4.81. The van der Waals surface area contributed by atoms with Gasteiger partial charge in [0.15, 0.2) is 0 Å². The number of ether oxygens (including phenoxy) is 1. The Bertz CT molecular complexity index is 881. The number of aromatic carboxylic acids is 1. The molecule has 162 valence electrons. The van der Waals surface area contributed by atoms with Crippen molar-refractivity contribution in [1.82, 2.24) is 0 Å². The molecule has 0 spiro atoms. The summed E-state index contributed by atoms with van der Waals surface area (Å²) >= 11 is 0. The number of rotatable bonds is 6. The van der Waals surface area contributed by atoms with Crippen molar-refractivity contribution in [1.29, 1.82) is 0 Å². The van der Waals surface area contributed by atoms with Crippen LogP contribution < -0.4 is 10.1 Å². The van der Waals surface area contributed by atoms with E-state index in [0.717, 1.165) is 23.3 Å². The number of hydrogen-bond acceptors (Lipinski definition) is 3. The predicted molar refractivity (Wildman–Crippen MR) is 121 cm³/mol.